The Labute approximate surface area is 200 Å². The topological polar surface area (TPSA) is 71.0 Å². The average Bonchev–Trinajstić information content (AvgIpc) is 3.30. The first-order chi connectivity index (χ1) is 14.3. The molecule has 30 heavy (non-hydrogen) atoms. The number of hydrogen-bond donors (Lipinski definition) is 2. The lowest BCUT2D eigenvalue weighted by Gasteiger charge is -2.34. The lowest BCUT2D eigenvalue weighted by Crippen LogP contribution is -2.46. The zero-order valence-corrected chi connectivity index (χ0v) is 20.8. The number of guanidine groups is 1. The molecule has 3 rings (SSSR count). The minimum Gasteiger partial charge on any atom is -0.478 e. The summed E-state index contributed by atoms with van der Waals surface area (Å²) in [5, 5.41) is 8.99. The van der Waals surface area contributed by atoms with Crippen LogP contribution in [0.25, 0.3) is 0 Å². The Hall–Kier alpha value is -1.43. The molecule has 1 saturated heterocycles. The zero-order chi connectivity index (χ0) is 20.3. The number of nitrogens with zero attached hydrogens (tertiary/aromatic N) is 3. The summed E-state index contributed by atoms with van der Waals surface area (Å²) in [4.78, 5) is 12.6. The van der Waals surface area contributed by atoms with Gasteiger partial charge in [-0.2, -0.15) is 0 Å². The van der Waals surface area contributed by atoms with E-state index in [1.807, 2.05) is 18.3 Å². The van der Waals surface area contributed by atoms with Crippen molar-refractivity contribution < 1.29 is 9.47 Å². The fourth-order valence-electron chi connectivity index (χ4n) is 3.19. The largest absolute Gasteiger partial charge is 0.478 e. The summed E-state index contributed by atoms with van der Waals surface area (Å²) in [6.07, 6.45) is 2.82. The molecule has 2 N–H and O–H groups in total. The molecule has 0 amide bonds. The minimum absolute atomic E-state index is 0. The molecule has 0 saturated carbocycles. The summed E-state index contributed by atoms with van der Waals surface area (Å²) in [7, 11) is 1.80. The molecule has 9 heteroatoms. The van der Waals surface area contributed by atoms with Crippen LogP contribution in [0, 0.1) is 0 Å². The Bertz CT molecular complexity index is 736. The van der Waals surface area contributed by atoms with Crippen molar-refractivity contribution in [3.8, 4) is 5.88 Å². The predicted octanol–water partition coefficient (Wildman–Crippen LogP) is 3.29. The first-order valence-corrected chi connectivity index (χ1v) is 11.1. The van der Waals surface area contributed by atoms with E-state index in [4.69, 9.17) is 9.47 Å². The maximum Gasteiger partial charge on any atom is 0.213 e. The van der Waals surface area contributed by atoms with Gasteiger partial charge in [0, 0.05) is 50.4 Å². The standard InChI is InChI=1S/C21H31N5O2S.HI/c1-3-10-28-20-7-6-17(14-23-20)15-24-21(22-2)25-16-18(19-5-4-13-29-19)26-8-11-27-12-9-26;/h4-7,13-14,18H,3,8-12,15-16H2,1-2H3,(H2,22,24,25);1H. The fraction of sp³-hybridized carbons (Fsp3) is 0.524. The van der Waals surface area contributed by atoms with E-state index in [9.17, 15) is 0 Å². The molecule has 7 nitrogen and oxygen atoms in total. The second kappa shape index (κ2) is 13.8. The lowest BCUT2D eigenvalue weighted by atomic mass is 10.2. The van der Waals surface area contributed by atoms with Gasteiger partial charge < -0.3 is 20.1 Å². The van der Waals surface area contributed by atoms with Crippen molar-refractivity contribution in [1.82, 2.24) is 20.5 Å². The van der Waals surface area contributed by atoms with Crippen LogP contribution in [-0.2, 0) is 11.3 Å². The quantitative estimate of drug-likeness (QED) is 0.287. The maximum atomic E-state index is 5.53. The highest BCUT2D eigenvalue weighted by Crippen LogP contribution is 2.25. The third-order valence-corrected chi connectivity index (χ3v) is 5.73. The number of halogens is 1. The number of morpholine rings is 1. The first-order valence-electron chi connectivity index (χ1n) is 10.2. The Morgan fingerprint density at radius 3 is 2.77 bits per heavy atom. The summed E-state index contributed by atoms with van der Waals surface area (Å²) >= 11 is 1.80. The average molecular weight is 545 g/mol. The second-order valence-corrected chi connectivity index (χ2v) is 7.82. The number of aromatic nitrogens is 1. The van der Waals surface area contributed by atoms with Crippen molar-refractivity contribution in [2.75, 3.05) is 46.5 Å². The van der Waals surface area contributed by atoms with E-state index < -0.39 is 0 Å². The smallest absolute Gasteiger partial charge is 0.213 e. The highest BCUT2D eigenvalue weighted by atomic mass is 127. The molecule has 1 aliphatic heterocycles. The van der Waals surface area contributed by atoms with Gasteiger partial charge in [-0.1, -0.05) is 19.1 Å². The van der Waals surface area contributed by atoms with E-state index in [0.717, 1.165) is 50.8 Å². The van der Waals surface area contributed by atoms with Gasteiger partial charge in [0.1, 0.15) is 0 Å². The molecule has 1 fully saturated rings. The summed E-state index contributed by atoms with van der Waals surface area (Å²) in [5.41, 5.74) is 1.08. The molecule has 0 radical (unpaired) electrons. The number of nitrogens with one attached hydrogen (secondary N) is 2. The Kier molecular flexibility index (Phi) is 11.4. The Morgan fingerprint density at radius 2 is 2.13 bits per heavy atom. The first kappa shape index (κ1) is 24.8. The number of pyridine rings is 1. The van der Waals surface area contributed by atoms with Gasteiger partial charge in [0.2, 0.25) is 5.88 Å². The van der Waals surface area contributed by atoms with Crippen molar-refractivity contribution in [2.45, 2.75) is 25.9 Å². The SMILES string of the molecule is CCCOc1ccc(CNC(=NC)NCC(c2cccs2)N2CCOCC2)cn1.I. The van der Waals surface area contributed by atoms with E-state index in [-0.39, 0.29) is 24.0 Å². The third kappa shape index (κ3) is 7.68. The van der Waals surface area contributed by atoms with Crippen LogP contribution in [0.2, 0.25) is 0 Å². The monoisotopic (exact) mass is 545 g/mol. The van der Waals surface area contributed by atoms with Crippen molar-refractivity contribution >= 4 is 41.3 Å². The van der Waals surface area contributed by atoms with E-state index in [1.165, 1.54) is 4.88 Å². The molecular formula is C21H32IN5O2S. The molecule has 166 valence electrons. The van der Waals surface area contributed by atoms with Crippen LogP contribution in [0.3, 0.4) is 0 Å². The maximum absolute atomic E-state index is 5.53. The van der Waals surface area contributed by atoms with Crippen LogP contribution in [0.5, 0.6) is 5.88 Å². The fourth-order valence-corrected chi connectivity index (χ4v) is 4.05. The van der Waals surface area contributed by atoms with E-state index in [1.54, 1.807) is 18.4 Å². The third-order valence-electron chi connectivity index (χ3n) is 4.76. The van der Waals surface area contributed by atoms with Crippen molar-refractivity contribution in [3.63, 3.8) is 0 Å². The summed E-state index contributed by atoms with van der Waals surface area (Å²) in [5.74, 6) is 1.45. The van der Waals surface area contributed by atoms with Crippen LogP contribution >= 0.6 is 35.3 Å². The van der Waals surface area contributed by atoms with Crippen molar-refractivity contribution in [3.05, 3.63) is 46.3 Å². The molecule has 0 bridgehead atoms. The van der Waals surface area contributed by atoms with E-state index in [2.05, 4.69) is 49.9 Å². The molecule has 0 aromatic carbocycles. The van der Waals surface area contributed by atoms with Gasteiger partial charge >= 0.3 is 0 Å². The molecule has 2 aromatic heterocycles. The second-order valence-electron chi connectivity index (χ2n) is 6.84. The minimum atomic E-state index is 0. The van der Waals surface area contributed by atoms with Gasteiger partial charge in [0.25, 0.3) is 0 Å². The van der Waals surface area contributed by atoms with Gasteiger partial charge in [0.05, 0.1) is 25.9 Å². The van der Waals surface area contributed by atoms with Crippen LogP contribution in [-0.4, -0.2) is 62.3 Å². The normalized spacial score (nSPS) is 15.9. The number of hydrogen-bond acceptors (Lipinski definition) is 6. The number of ether oxygens (including phenoxy) is 2. The molecular weight excluding hydrogens is 513 g/mol. The van der Waals surface area contributed by atoms with Crippen molar-refractivity contribution in [2.24, 2.45) is 4.99 Å². The van der Waals surface area contributed by atoms with E-state index in [0.29, 0.717) is 25.1 Å². The lowest BCUT2D eigenvalue weighted by molar-refractivity contribution is 0.0177. The highest BCUT2D eigenvalue weighted by molar-refractivity contribution is 14.0. The Balaban J connectivity index is 0.00000320. The van der Waals surface area contributed by atoms with Gasteiger partial charge in [-0.3, -0.25) is 9.89 Å². The van der Waals surface area contributed by atoms with E-state index >= 15 is 0 Å². The summed E-state index contributed by atoms with van der Waals surface area (Å²) in [6, 6.07) is 8.57. The number of aliphatic imine (C=N–C) groups is 1. The molecule has 3 heterocycles. The summed E-state index contributed by atoms with van der Waals surface area (Å²) in [6.45, 7) is 7.71. The predicted molar refractivity (Wildman–Crippen MR) is 133 cm³/mol. The van der Waals surface area contributed by atoms with Gasteiger partial charge in [-0.25, -0.2) is 4.98 Å². The van der Waals surface area contributed by atoms with Crippen LogP contribution < -0.4 is 15.4 Å². The highest BCUT2D eigenvalue weighted by Gasteiger charge is 2.23. The zero-order valence-electron chi connectivity index (χ0n) is 17.7. The van der Waals surface area contributed by atoms with Crippen molar-refractivity contribution in [1.29, 1.82) is 0 Å². The molecule has 1 unspecified atom stereocenters. The molecule has 1 atom stereocenters. The van der Waals surface area contributed by atoms with Crippen LogP contribution in [0.4, 0.5) is 0 Å². The molecule has 0 spiro atoms. The number of rotatable bonds is 9. The Morgan fingerprint density at radius 1 is 1.30 bits per heavy atom. The molecule has 2 aromatic rings. The van der Waals surface area contributed by atoms with Crippen LogP contribution in [0.15, 0.2) is 40.8 Å². The summed E-state index contributed by atoms with van der Waals surface area (Å²) < 4.78 is 11.1. The molecule has 0 aliphatic carbocycles. The molecule has 1 aliphatic rings. The van der Waals surface area contributed by atoms with Gasteiger partial charge in [-0.05, 0) is 23.4 Å². The number of thiophene rings is 1. The van der Waals surface area contributed by atoms with Gasteiger partial charge in [-0.15, -0.1) is 35.3 Å². The van der Waals surface area contributed by atoms with Crippen LogP contribution in [0.1, 0.15) is 29.8 Å². The van der Waals surface area contributed by atoms with Gasteiger partial charge in [0.15, 0.2) is 5.96 Å².